The Balaban J connectivity index is 2.12. The largest absolute Gasteiger partial charge is 0.453 e. The number of methoxy groups -OCH3 is 1. The van der Waals surface area contributed by atoms with E-state index in [4.69, 9.17) is 21.1 Å². The van der Waals surface area contributed by atoms with Gasteiger partial charge in [0, 0.05) is 23.2 Å². The van der Waals surface area contributed by atoms with Crippen molar-refractivity contribution in [2.75, 3.05) is 12.0 Å². The first kappa shape index (κ1) is 29.4. The Kier molecular flexibility index (Phi) is 8.45. The van der Waals surface area contributed by atoms with E-state index in [1.54, 1.807) is 20.8 Å². The van der Waals surface area contributed by atoms with Crippen LogP contribution in [-0.2, 0) is 28.4 Å². The Morgan fingerprint density at radius 2 is 1.63 bits per heavy atom. The molecule has 0 aliphatic carbocycles. The molecule has 2 amide bonds. The topological polar surface area (TPSA) is 59.1 Å². The standard InChI is InChI=1S/C25H25ClF6N2O4/c1-13(2)38-23(36)34-14(3)7-21(19-11-18(26)5-6-20(19)34)33(22(35)37-4)12-15-8-16(24(27,28)29)10-17(9-15)25(30,31)32/h5-6,8-11,13-14,21H,7,12H2,1-4H3. The number of benzene rings is 2. The summed E-state index contributed by atoms with van der Waals surface area (Å²) < 4.78 is 90.7. The van der Waals surface area contributed by atoms with Crippen molar-refractivity contribution < 1.29 is 45.4 Å². The molecule has 208 valence electrons. The number of hydrogen-bond donors (Lipinski definition) is 0. The van der Waals surface area contributed by atoms with E-state index in [1.807, 2.05) is 0 Å². The monoisotopic (exact) mass is 566 g/mol. The maximum Gasteiger partial charge on any atom is 0.416 e. The van der Waals surface area contributed by atoms with Crippen molar-refractivity contribution in [3.8, 4) is 0 Å². The van der Waals surface area contributed by atoms with Gasteiger partial charge in [-0.2, -0.15) is 26.3 Å². The van der Waals surface area contributed by atoms with Gasteiger partial charge < -0.3 is 9.47 Å². The summed E-state index contributed by atoms with van der Waals surface area (Å²) in [5, 5.41) is 0.240. The Bertz CT molecular complexity index is 1170. The molecule has 13 heteroatoms. The molecule has 0 radical (unpaired) electrons. The zero-order chi connectivity index (χ0) is 28.6. The molecule has 6 nitrogen and oxygen atoms in total. The number of nitrogens with zero attached hydrogens (tertiary/aromatic N) is 2. The highest BCUT2D eigenvalue weighted by molar-refractivity contribution is 6.30. The Morgan fingerprint density at radius 1 is 1.05 bits per heavy atom. The predicted molar refractivity (Wildman–Crippen MR) is 127 cm³/mol. The van der Waals surface area contributed by atoms with Gasteiger partial charge in [0.2, 0.25) is 0 Å². The van der Waals surface area contributed by atoms with E-state index in [0.29, 0.717) is 23.4 Å². The molecule has 2 aromatic rings. The van der Waals surface area contributed by atoms with Crippen LogP contribution in [0.3, 0.4) is 0 Å². The third-order valence-corrected chi connectivity index (χ3v) is 6.17. The number of halogens is 7. The first-order valence-corrected chi connectivity index (χ1v) is 11.8. The minimum absolute atomic E-state index is 0.0158. The quantitative estimate of drug-likeness (QED) is 0.354. The summed E-state index contributed by atoms with van der Waals surface area (Å²) in [5.41, 5.74) is -2.73. The number of anilines is 1. The minimum Gasteiger partial charge on any atom is -0.453 e. The van der Waals surface area contributed by atoms with E-state index in [2.05, 4.69) is 0 Å². The lowest BCUT2D eigenvalue weighted by atomic mass is 9.90. The van der Waals surface area contributed by atoms with Crippen LogP contribution in [0, 0.1) is 0 Å². The molecule has 1 heterocycles. The summed E-state index contributed by atoms with van der Waals surface area (Å²) in [5.74, 6) is 0. The lowest BCUT2D eigenvalue weighted by molar-refractivity contribution is -0.143. The van der Waals surface area contributed by atoms with Crippen molar-refractivity contribution >= 4 is 29.5 Å². The first-order valence-electron chi connectivity index (χ1n) is 11.4. The van der Waals surface area contributed by atoms with E-state index in [1.165, 1.54) is 23.1 Å². The molecule has 1 aliphatic rings. The maximum absolute atomic E-state index is 13.4. The van der Waals surface area contributed by atoms with E-state index in [0.717, 1.165) is 12.0 Å². The molecule has 38 heavy (non-hydrogen) atoms. The lowest BCUT2D eigenvalue weighted by Gasteiger charge is -2.42. The molecule has 2 atom stereocenters. The van der Waals surface area contributed by atoms with Crippen molar-refractivity contribution in [1.29, 1.82) is 0 Å². The third kappa shape index (κ3) is 6.46. The molecular formula is C25H25ClF6N2O4. The number of carbonyl (C=O) groups is 2. The van der Waals surface area contributed by atoms with Crippen molar-refractivity contribution in [3.05, 3.63) is 63.7 Å². The van der Waals surface area contributed by atoms with Crippen LogP contribution in [0.25, 0.3) is 0 Å². The highest BCUT2D eigenvalue weighted by atomic mass is 35.5. The second-order valence-electron chi connectivity index (χ2n) is 9.12. The number of ether oxygens (including phenoxy) is 2. The Labute approximate surface area is 220 Å². The Hall–Kier alpha value is -3.15. The minimum atomic E-state index is -5.05. The van der Waals surface area contributed by atoms with Gasteiger partial charge in [0.1, 0.15) is 0 Å². The average molecular weight is 567 g/mol. The molecule has 2 unspecified atom stereocenters. The Morgan fingerprint density at radius 3 is 2.13 bits per heavy atom. The van der Waals surface area contributed by atoms with E-state index in [-0.39, 0.29) is 17.5 Å². The zero-order valence-electron chi connectivity index (χ0n) is 20.8. The highest BCUT2D eigenvalue weighted by Crippen LogP contribution is 2.43. The second-order valence-corrected chi connectivity index (χ2v) is 9.55. The lowest BCUT2D eigenvalue weighted by Crippen LogP contribution is -2.48. The van der Waals surface area contributed by atoms with E-state index >= 15 is 0 Å². The molecule has 0 fully saturated rings. The average Bonchev–Trinajstić information content (AvgIpc) is 2.80. The van der Waals surface area contributed by atoms with Crippen LogP contribution in [0.1, 0.15) is 55.5 Å². The summed E-state index contributed by atoms with van der Waals surface area (Å²) in [7, 11) is 1.04. The summed E-state index contributed by atoms with van der Waals surface area (Å²) in [6, 6.07) is 4.18. The number of carbonyl (C=O) groups excluding carboxylic acids is 2. The molecule has 1 aliphatic heterocycles. The zero-order valence-corrected chi connectivity index (χ0v) is 21.5. The van der Waals surface area contributed by atoms with E-state index in [9.17, 15) is 35.9 Å². The molecule has 0 bridgehead atoms. The number of rotatable bonds is 4. The summed E-state index contributed by atoms with van der Waals surface area (Å²) >= 11 is 6.19. The van der Waals surface area contributed by atoms with Crippen LogP contribution in [0.5, 0.6) is 0 Å². The van der Waals surface area contributed by atoms with Crippen molar-refractivity contribution in [3.63, 3.8) is 0 Å². The fourth-order valence-corrected chi connectivity index (χ4v) is 4.54. The van der Waals surface area contributed by atoms with E-state index < -0.39 is 66.0 Å². The van der Waals surface area contributed by atoms with Crippen molar-refractivity contribution in [2.24, 2.45) is 0 Å². The SMILES string of the molecule is COC(=O)N(Cc1cc(C(F)(F)F)cc(C(F)(F)F)c1)C1CC(C)N(C(=O)OC(C)C)c2ccc(Cl)cc21. The van der Waals surface area contributed by atoms with Crippen LogP contribution in [0.15, 0.2) is 36.4 Å². The number of fused-ring (bicyclic) bond motifs is 1. The maximum atomic E-state index is 13.4. The molecule has 0 N–H and O–H groups in total. The molecule has 0 saturated carbocycles. The molecule has 2 aromatic carbocycles. The summed E-state index contributed by atoms with van der Waals surface area (Å²) in [6.07, 6.45) is -12.1. The van der Waals surface area contributed by atoms with Crippen molar-refractivity contribution in [1.82, 2.24) is 4.90 Å². The number of hydrogen-bond acceptors (Lipinski definition) is 4. The molecule has 0 spiro atoms. The number of amides is 2. The van der Waals surface area contributed by atoms with Gasteiger partial charge in [0.25, 0.3) is 0 Å². The fourth-order valence-electron chi connectivity index (χ4n) is 4.36. The smallest absolute Gasteiger partial charge is 0.416 e. The molecule has 3 rings (SSSR count). The summed E-state index contributed by atoms with van der Waals surface area (Å²) in [6.45, 7) is 4.37. The normalized spacial score (nSPS) is 17.7. The molecular weight excluding hydrogens is 542 g/mol. The van der Waals surface area contributed by atoms with Crippen LogP contribution in [-0.4, -0.2) is 36.3 Å². The fraction of sp³-hybridized carbons (Fsp3) is 0.440. The van der Waals surface area contributed by atoms with Crippen LogP contribution in [0.2, 0.25) is 5.02 Å². The third-order valence-electron chi connectivity index (χ3n) is 5.93. The van der Waals surface area contributed by atoms with Gasteiger partial charge >= 0.3 is 24.5 Å². The predicted octanol–water partition coefficient (Wildman–Crippen LogP) is 7.83. The van der Waals surface area contributed by atoms with Gasteiger partial charge in [-0.15, -0.1) is 0 Å². The van der Waals surface area contributed by atoms with Gasteiger partial charge in [-0.1, -0.05) is 11.6 Å². The van der Waals surface area contributed by atoms with Gasteiger partial charge in [-0.05, 0) is 69.2 Å². The first-order chi connectivity index (χ1) is 17.5. The van der Waals surface area contributed by atoms with Gasteiger partial charge in [-0.3, -0.25) is 9.80 Å². The van der Waals surface area contributed by atoms with Crippen LogP contribution < -0.4 is 4.90 Å². The molecule has 0 saturated heterocycles. The van der Waals surface area contributed by atoms with Gasteiger partial charge in [0.15, 0.2) is 0 Å². The highest BCUT2D eigenvalue weighted by Gasteiger charge is 2.41. The van der Waals surface area contributed by atoms with Crippen molar-refractivity contribution in [2.45, 2.75) is 64.3 Å². The van der Waals surface area contributed by atoms with Gasteiger partial charge in [-0.25, -0.2) is 9.59 Å². The second kappa shape index (κ2) is 10.9. The van der Waals surface area contributed by atoms with Crippen LogP contribution in [0.4, 0.5) is 41.6 Å². The van der Waals surface area contributed by atoms with Gasteiger partial charge in [0.05, 0.1) is 36.1 Å². The summed E-state index contributed by atoms with van der Waals surface area (Å²) in [4.78, 5) is 28.1. The van der Waals surface area contributed by atoms with Crippen LogP contribution >= 0.6 is 11.6 Å². The number of alkyl halides is 6. The molecule has 0 aromatic heterocycles.